The Balaban J connectivity index is 1.88. The highest BCUT2D eigenvalue weighted by molar-refractivity contribution is 7.86. The molecule has 2 aromatic carbocycles. The average Bonchev–Trinajstić information content (AvgIpc) is 3.24. The van der Waals surface area contributed by atoms with Crippen LogP contribution in [-0.2, 0) is 15.8 Å². The fraction of sp³-hybridized carbons (Fsp3) is 0.227. The summed E-state index contributed by atoms with van der Waals surface area (Å²) >= 11 is 6.28. The SMILES string of the molecule is Cc1ccc(S(=O)N(CC(=O)NC(C)c2ccco2)c2cccc(Cl)c2C)cc1. The van der Waals surface area contributed by atoms with E-state index in [2.05, 4.69) is 5.32 Å². The fourth-order valence-corrected chi connectivity index (χ4v) is 4.31. The van der Waals surface area contributed by atoms with E-state index < -0.39 is 11.0 Å². The minimum Gasteiger partial charge on any atom is -0.467 e. The van der Waals surface area contributed by atoms with Gasteiger partial charge in [0.25, 0.3) is 0 Å². The van der Waals surface area contributed by atoms with Gasteiger partial charge in [-0.25, -0.2) is 4.21 Å². The molecule has 0 spiro atoms. The number of hydrogen-bond donors (Lipinski definition) is 1. The van der Waals surface area contributed by atoms with Crippen molar-refractivity contribution in [1.82, 2.24) is 5.32 Å². The molecular formula is C22H23ClN2O3S. The highest BCUT2D eigenvalue weighted by atomic mass is 35.5. The van der Waals surface area contributed by atoms with Gasteiger partial charge in [0.2, 0.25) is 5.91 Å². The maximum atomic E-state index is 13.4. The van der Waals surface area contributed by atoms with Gasteiger partial charge in [-0.15, -0.1) is 0 Å². The number of aryl methyl sites for hydroxylation is 1. The zero-order valence-electron chi connectivity index (χ0n) is 16.5. The zero-order chi connectivity index (χ0) is 21.0. The summed E-state index contributed by atoms with van der Waals surface area (Å²) in [5, 5.41) is 3.44. The van der Waals surface area contributed by atoms with Crippen LogP contribution in [0.15, 0.2) is 70.2 Å². The Bertz CT molecular complexity index is 1000. The molecule has 5 nitrogen and oxygen atoms in total. The van der Waals surface area contributed by atoms with Crippen LogP contribution in [0.1, 0.15) is 29.9 Å². The van der Waals surface area contributed by atoms with E-state index in [9.17, 15) is 9.00 Å². The van der Waals surface area contributed by atoms with Gasteiger partial charge in [0.1, 0.15) is 12.3 Å². The number of anilines is 1. The molecule has 1 amide bonds. The quantitative estimate of drug-likeness (QED) is 0.576. The number of rotatable bonds is 7. The Kier molecular flexibility index (Phi) is 6.77. The summed E-state index contributed by atoms with van der Waals surface area (Å²) in [6.45, 7) is 5.56. The predicted molar refractivity (Wildman–Crippen MR) is 116 cm³/mol. The number of carbonyl (C=O) groups excluding carboxylic acids is 1. The van der Waals surface area contributed by atoms with Gasteiger partial charge < -0.3 is 9.73 Å². The molecule has 2 unspecified atom stereocenters. The van der Waals surface area contributed by atoms with Crippen LogP contribution < -0.4 is 9.62 Å². The van der Waals surface area contributed by atoms with Crippen molar-refractivity contribution >= 4 is 34.2 Å². The number of nitrogens with one attached hydrogen (secondary N) is 1. The van der Waals surface area contributed by atoms with E-state index in [-0.39, 0.29) is 18.5 Å². The third-order valence-electron chi connectivity index (χ3n) is 4.57. The summed E-state index contributed by atoms with van der Waals surface area (Å²) in [5.41, 5.74) is 2.49. The van der Waals surface area contributed by atoms with Gasteiger partial charge in [0.15, 0.2) is 11.0 Å². The molecule has 0 aliphatic rings. The van der Waals surface area contributed by atoms with Crippen LogP contribution in [-0.4, -0.2) is 16.7 Å². The Labute approximate surface area is 178 Å². The van der Waals surface area contributed by atoms with E-state index in [1.807, 2.05) is 51.1 Å². The zero-order valence-corrected chi connectivity index (χ0v) is 18.1. The van der Waals surface area contributed by atoms with Crippen LogP contribution in [0.4, 0.5) is 5.69 Å². The molecule has 0 fully saturated rings. The predicted octanol–water partition coefficient (Wildman–Crippen LogP) is 4.96. The number of hydrogen-bond acceptors (Lipinski definition) is 3. The van der Waals surface area contributed by atoms with Crippen molar-refractivity contribution in [2.24, 2.45) is 0 Å². The minimum absolute atomic E-state index is 0.0906. The molecule has 0 saturated carbocycles. The number of nitrogens with zero attached hydrogens (tertiary/aromatic N) is 1. The molecule has 3 aromatic rings. The van der Waals surface area contributed by atoms with Crippen LogP contribution in [0.5, 0.6) is 0 Å². The number of benzene rings is 2. The number of amides is 1. The van der Waals surface area contributed by atoms with Crippen molar-refractivity contribution < 1.29 is 13.4 Å². The lowest BCUT2D eigenvalue weighted by molar-refractivity contribution is -0.120. The van der Waals surface area contributed by atoms with Gasteiger partial charge in [-0.1, -0.05) is 35.4 Å². The highest BCUT2D eigenvalue weighted by Gasteiger charge is 2.23. The summed E-state index contributed by atoms with van der Waals surface area (Å²) in [7, 11) is -1.58. The van der Waals surface area contributed by atoms with Gasteiger partial charge in [-0.2, -0.15) is 0 Å². The standard InChI is InChI=1S/C22H23ClN2O3S/c1-15-9-11-18(12-10-15)29(27)25(20-7-4-6-19(23)16(20)2)14-22(26)24-17(3)21-8-5-13-28-21/h4-13,17H,14H2,1-3H3,(H,24,26). The second-order valence-electron chi connectivity index (χ2n) is 6.79. The van der Waals surface area contributed by atoms with E-state index >= 15 is 0 Å². The first-order valence-corrected chi connectivity index (χ1v) is 10.7. The van der Waals surface area contributed by atoms with E-state index in [1.54, 1.807) is 34.8 Å². The molecule has 152 valence electrons. The average molecular weight is 431 g/mol. The number of halogens is 1. The largest absolute Gasteiger partial charge is 0.467 e. The Morgan fingerprint density at radius 3 is 2.52 bits per heavy atom. The van der Waals surface area contributed by atoms with E-state index in [0.29, 0.717) is 21.4 Å². The third kappa shape index (κ3) is 5.08. The summed E-state index contributed by atoms with van der Waals surface area (Å²) in [6, 6.07) is 16.1. The fourth-order valence-electron chi connectivity index (χ4n) is 2.91. The normalized spacial score (nSPS) is 13.0. The third-order valence-corrected chi connectivity index (χ3v) is 6.38. The lowest BCUT2D eigenvalue weighted by Crippen LogP contribution is -2.39. The molecule has 3 rings (SSSR count). The summed E-state index contributed by atoms with van der Waals surface area (Å²) in [6.07, 6.45) is 1.56. The van der Waals surface area contributed by atoms with Crippen LogP contribution in [0.3, 0.4) is 0 Å². The Hall–Kier alpha value is -2.57. The van der Waals surface area contributed by atoms with Crippen molar-refractivity contribution in [2.75, 3.05) is 10.8 Å². The van der Waals surface area contributed by atoms with Gasteiger partial charge >= 0.3 is 0 Å². The molecule has 0 bridgehead atoms. The maximum Gasteiger partial charge on any atom is 0.241 e. The topological polar surface area (TPSA) is 62.6 Å². The number of carbonyl (C=O) groups is 1. The number of furan rings is 1. The van der Waals surface area contributed by atoms with Crippen molar-refractivity contribution in [1.29, 1.82) is 0 Å². The second kappa shape index (κ2) is 9.29. The van der Waals surface area contributed by atoms with E-state index in [1.165, 1.54) is 0 Å². The van der Waals surface area contributed by atoms with Crippen LogP contribution in [0.25, 0.3) is 0 Å². The molecule has 1 heterocycles. The minimum atomic E-state index is -1.58. The first-order chi connectivity index (χ1) is 13.9. The van der Waals surface area contributed by atoms with E-state index in [0.717, 1.165) is 11.1 Å². The van der Waals surface area contributed by atoms with Crippen LogP contribution in [0.2, 0.25) is 5.02 Å². The van der Waals surface area contributed by atoms with Crippen LogP contribution >= 0.6 is 11.6 Å². The van der Waals surface area contributed by atoms with Crippen LogP contribution in [0, 0.1) is 13.8 Å². The van der Waals surface area contributed by atoms with Gasteiger partial charge in [-0.3, -0.25) is 9.10 Å². The first-order valence-electron chi connectivity index (χ1n) is 9.21. The maximum absolute atomic E-state index is 13.4. The summed E-state index contributed by atoms with van der Waals surface area (Å²) in [4.78, 5) is 13.4. The Morgan fingerprint density at radius 1 is 1.14 bits per heavy atom. The molecule has 1 aromatic heterocycles. The van der Waals surface area contributed by atoms with Gasteiger partial charge in [-0.05, 0) is 62.7 Å². The monoisotopic (exact) mass is 430 g/mol. The van der Waals surface area contributed by atoms with Crippen molar-refractivity contribution in [3.8, 4) is 0 Å². The first kappa shape index (κ1) is 21.1. The van der Waals surface area contributed by atoms with Crippen molar-refractivity contribution in [3.63, 3.8) is 0 Å². The summed E-state index contributed by atoms with van der Waals surface area (Å²) in [5.74, 6) is 0.386. The van der Waals surface area contributed by atoms with Gasteiger partial charge in [0.05, 0.1) is 22.9 Å². The molecule has 7 heteroatoms. The lowest BCUT2D eigenvalue weighted by Gasteiger charge is -2.25. The van der Waals surface area contributed by atoms with Crippen molar-refractivity contribution in [2.45, 2.75) is 31.7 Å². The highest BCUT2D eigenvalue weighted by Crippen LogP contribution is 2.29. The lowest BCUT2D eigenvalue weighted by atomic mass is 10.2. The molecule has 0 saturated heterocycles. The molecule has 0 aliphatic carbocycles. The Morgan fingerprint density at radius 2 is 1.86 bits per heavy atom. The molecule has 1 N–H and O–H groups in total. The molecular weight excluding hydrogens is 408 g/mol. The van der Waals surface area contributed by atoms with Crippen molar-refractivity contribution in [3.05, 3.63) is 82.8 Å². The second-order valence-corrected chi connectivity index (χ2v) is 8.61. The molecule has 29 heavy (non-hydrogen) atoms. The molecule has 0 aliphatic heterocycles. The smallest absolute Gasteiger partial charge is 0.241 e. The molecule has 0 radical (unpaired) electrons. The summed E-state index contributed by atoms with van der Waals surface area (Å²) < 4.78 is 20.3. The van der Waals surface area contributed by atoms with Gasteiger partial charge in [0, 0.05) is 5.02 Å². The van der Waals surface area contributed by atoms with E-state index in [4.69, 9.17) is 16.0 Å². The molecule has 2 atom stereocenters.